The summed E-state index contributed by atoms with van der Waals surface area (Å²) < 4.78 is 5.56. The summed E-state index contributed by atoms with van der Waals surface area (Å²) in [4.78, 5) is 30.1. The molecule has 2 aromatic heterocycles. The Morgan fingerprint density at radius 1 is 1.08 bits per heavy atom. The van der Waals surface area contributed by atoms with E-state index in [1.807, 2.05) is 37.3 Å². The largest absolute Gasteiger partial charge is 0.451 e. The van der Waals surface area contributed by atoms with Crippen molar-refractivity contribution in [2.24, 2.45) is 0 Å². The summed E-state index contributed by atoms with van der Waals surface area (Å²) in [5.41, 5.74) is 1.94. The number of carbonyl (C=O) groups is 1. The van der Waals surface area contributed by atoms with E-state index in [2.05, 4.69) is 10.3 Å². The van der Waals surface area contributed by atoms with Crippen LogP contribution in [0.1, 0.15) is 15.4 Å². The van der Waals surface area contributed by atoms with Crippen molar-refractivity contribution in [3.8, 4) is 11.3 Å². The van der Waals surface area contributed by atoms with Crippen LogP contribution in [-0.4, -0.2) is 10.9 Å². The molecule has 4 aromatic rings. The maximum absolute atomic E-state index is 12.5. The molecule has 4 rings (SSSR count). The lowest BCUT2D eigenvalue weighted by atomic mass is 10.1. The Balaban J connectivity index is 1.64. The van der Waals surface area contributed by atoms with Gasteiger partial charge in [-0.3, -0.25) is 14.9 Å². The number of para-hydroxylation sites is 1. The first-order valence-corrected chi connectivity index (χ1v) is 8.80. The van der Waals surface area contributed by atoms with Crippen molar-refractivity contribution < 1.29 is 9.21 Å². The normalized spacial score (nSPS) is 10.8. The molecule has 2 aromatic carbocycles. The standard InChI is InChI=1S/C20H14N2O3S/c1-12-18(13-7-3-2-4-8-13)21-20(26-12)22-19(24)17-11-15(23)14-9-5-6-10-16(14)25-17/h2-11H,1H3,(H,21,22,24). The summed E-state index contributed by atoms with van der Waals surface area (Å²) in [5, 5.41) is 3.62. The Labute approximate surface area is 152 Å². The second-order valence-corrected chi connectivity index (χ2v) is 6.92. The molecule has 0 radical (unpaired) electrons. The van der Waals surface area contributed by atoms with Gasteiger partial charge in [-0.15, -0.1) is 11.3 Å². The van der Waals surface area contributed by atoms with Crippen molar-refractivity contribution in [2.75, 3.05) is 5.32 Å². The Hall–Kier alpha value is -3.25. The number of aryl methyl sites for hydroxylation is 1. The topological polar surface area (TPSA) is 72.2 Å². The fourth-order valence-electron chi connectivity index (χ4n) is 2.69. The van der Waals surface area contributed by atoms with Crippen LogP contribution in [0.3, 0.4) is 0 Å². The third kappa shape index (κ3) is 3.02. The van der Waals surface area contributed by atoms with Gasteiger partial charge < -0.3 is 4.42 Å². The maximum Gasteiger partial charge on any atom is 0.293 e. The van der Waals surface area contributed by atoms with Crippen molar-refractivity contribution in [1.29, 1.82) is 0 Å². The molecule has 0 spiro atoms. The molecule has 0 aliphatic rings. The number of anilines is 1. The maximum atomic E-state index is 12.5. The molecule has 0 aliphatic heterocycles. The van der Waals surface area contributed by atoms with Gasteiger partial charge in [0.15, 0.2) is 16.3 Å². The van der Waals surface area contributed by atoms with E-state index >= 15 is 0 Å². The predicted octanol–water partition coefficient (Wildman–Crippen LogP) is 4.48. The van der Waals surface area contributed by atoms with E-state index in [9.17, 15) is 9.59 Å². The number of fused-ring (bicyclic) bond motifs is 1. The van der Waals surface area contributed by atoms with Gasteiger partial charge in [-0.05, 0) is 19.1 Å². The van der Waals surface area contributed by atoms with Gasteiger partial charge in [-0.2, -0.15) is 0 Å². The Kier molecular flexibility index (Phi) is 4.10. The molecule has 5 nitrogen and oxygen atoms in total. The first kappa shape index (κ1) is 16.2. The van der Waals surface area contributed by atoms with E-state index in [1.54, 1.807) is 24.3 Å². The quantitative estimate of drug-likeness (QED) is 0.583. The van der Waals surface area contributed by atoms with Gasteiger partial charge in [0.05, 0.1) is 11.1 Å². The van der Waals surface area contributed by atoms with Crippen molar-refractivity contribution in [1.82, 2.24) is 4.98 Å². The molecule has 6 heteroatoms. The number of thiazole rings is 1. The number of aromatic nitrogens is 1. The van der Waals surface area contributed by atoms with Gasteiger partial charge in [0.2, 0.25) is 0 Å². The number of benzene rings is 2. The van der Waals surface area contributed by atoms with E-state index in [4.69, 9.17) is 4.42 Å². The highest BCUT2D eigenvalue weighted by Gasteiger charge is 2.16. The summed E-state index contributed by atoms with van der Waals surface area (Å²) in [5.74, 6) is -0.538. The highest BCUT2D eigenvalue weighted by molar-refractivity contribution is 7.16. The molecule has 26 heavy (non-hydrogen) atoms. The lowest BCUT2D eigenvalue weighted by molar-refractivity contribution is 0.0997. The molecule has 0 fully saturated rings. The molecular formula is C20H14N2O3S. The third-order valence-electron chi connectivity index (χ3n) is 3.92. The highest BCUT2D eigenvalue weighted by atomic mass is 32.1. The van der Waals surface area contributed by atoms with E-state index in [-0.39, 0.29) is 11.2 Å². The van der Waals surface area contributed by atoms with Crippen LogP contribution in [0.25, 0.3) is 22.2 Å². The number of amides is 1. The second kappa shape index (κ2) is 6.57. The number of nitrogens with zero attached hydrogens (tertiary/aromatic N) is 1. The Bertz CT molecular complexity index is 1160. The highest BCUT2D eigenvalue weighted by Crippen LogP contribution is 2.30. The molecule has 0 atom stereocenters. The molecule has 128 valence electrons. The molecule has 1 amide bonds. The van der Waals surface area contributed by atoms with E-state index in [1.165, 1.54) is 17.4 Å². The van der Waals surface area contributed by atoms with Crippen LogP contribution < -0.4 is 10.7 Å². The molecule has 2 heterocycles. The number of hydrogen-bond acceptors (Lipinski definition) is 5. The van der Waals surface area contributed by atoms with E-state index in [0.717, 1.165) is 16.1 Å². The molecule has 0 bridgehead atoms. The summed E-state index contributed by atoms with van der Waals surface area (Å²) in [6, 6.07) is 17.8. The average Bonchev–Trinajstić information content (AvgIpc) is 3.02. The Morgan fingerprint density at radius 3 is 2.62 bits per heavy atom. The first-order chi connectivity index (χ1) is 12.6. The van der Waals surface area contributed by atoms with Crippen LogP contribution in [0.4, 0.5) is 5.13 Å². The number of hydrogen-bond donors (Lipinski definition) is 1. The van der Waals surface area contributed by atoms with Crippen LogP contribution in [0, 0.1) is 6.92 Å². The fourth-order valence-corrected chi connectivity index (χ4v) is 3.52. The minimum absolute atomic E-state index is 0.0391. The van der Waals surface area contributed by atoms with Crippen LogP contribution in [-0.2, 0) is 0 Å². The van der Waals surface area contributed by atoms with E-state index in [0.29, 0.717) is 16.1 Å². The summed E-state index contributed by atoms with van der Waals surface area (Å²) in [7, 11) is 0. The van der Waals surface area contributed by atoms with Gasteiger partial charge in [0.25, 0.3) is 5.91 Å². The van der Waals surface area contributed by atoms with Crippen molar-refractivity contribution >= 4 is 33.3 Å². The van der Waals surface area contributed by atoms with Crippen LogP contribution >= 0.6 is 11.3 Å². The smallest absolute Gasteiger partial charge is 0.293 e. The van der Waals surface area contributed by atoms with Crippen LogP contribution in [0.15, 0.2) is 69.9 Å². The fraction of sp³-hybridized carbons (Fsp3) is 0.0500. The first-order valence-electron chi connectivity index (χ1n) is 7.99. The predicted molar refractivity (Wildman–Crippen MR) is 103 cm³/mol. The monoisotopic (exact) mass is 362 g/mol. The third-order valence-corrected chi connectivity index (χ3v) is 4.81. The Morgan fingerprint density at radius 2 is 1.81 bits per heavy atom. The molecular weight excluding hydrogens is 348 g/mol. The molecule has 0 unspecified atom stereocenters. The van der Waals surface area contributed by atoms with Gasteiger partial charge in [0, 0.05) is 16.5 Å². The minimum Gasteiger partial charge on any atom is -0.451 e. The zero-order valence-electron chi connectivity index (χ0n) is 13.9. The zero-order chi connectivity index (χ0) is 18.1. The number of rotatable bonds is 3. The summed E-state index contributed by atoms with van der Waals surface area (Å²) in [6.45, 7) is 1.95. The number of nitrogens with one attached hydrogen (secondary N) is 1. The molecule has 0 aliphatic carbocycles. The summed E-state index contributed by atoms with van der Waals surface area (Å²) >= 11 is 1.38. The SMILES string of the molecule is Cc1sc(NC(=O)c2cc(=O)c3ccccc3o2)nc1-c1ccccc1. The minimum atomic E-state index is -0.499. The molecule has 0 saturated heterocycles. The van der Waals surface area contributed by atoms with Crippen molar-refractivity contribution in [3.05, 3.63) is 81.5 Å². The van der Waals surface area contributed by atoms with Crippen LogP contribution in [0.5, 0.6) is 0 Å². The summed E-state index contributed by atoms with van der Waals surface area (Å²) in [6.07, 6.45) is 0. The second-order valence-electron chi connectivity index (χ2n) is 5.72. The lowest BCUT2D eigenvalue weighted by Gasteiger charge is -2.02. The molecule has 1 N–H and O–H groups in total. The van der Waals surface area contributed by atoms with Gasteiger partial charge in [-0.25, -0.2) is 4.98 Å². The van der Waals surface area contributed by atoms with Crippen LogP contribution in [0.2, 0.25) is 0 Å². The molecule has 0 saturated carbocycles. The van der Waals surface area contributed by atoms with Gasteiger partial charge in [-0.1, -0.05) is 42.5 Å². The van der Waals surface area contributed by atoms with Gasteiger partial charge in [0.1, 0.15) is 5.58 Å². The van der Waals surface area contributed by atoms with Gasteiger partial charge >= 0.3 is 0 Å². The number of carbonyl (C=O) groups excluding carboxylic acids is 1. The average molecular weight is 362 g/mol. The zero-order valence-corrected chi connectivity index (χ0v) is 14.7. The van der Waals surface area contributed by atoms with E-state index < -0.39 is 5.91 Å². The van der Waals surface area contributed by atoms with Crippen molar-refractivity contribution in [2.45, 2.75) is 6.92 Å². The van der Waals surface area contributed by atoms with Crippen molar-refractivity contribution in [3.63, 3.8) is 0 Å². The lowest BCUT2D eigenvalue weighted by Crippen LogP contribution is -2.14.